The lowest BCUT2D eigenvalue weighted by Crippen LogP contribution is -2.06. The second-order valence-corrected chi connectivity index (χ2v) is 4.39. The second kappa shape index (κ2) is 6.62. The molecular formula is C13H14ClNO4. The third-order valence-electron chi connectivity index (χ3n) is 2.62. The highest BCUT2D eigenvalue weighted by Crippen LogP contribution is 2.39. The molecule has 0 spiro atoms. The van der Waals surface area contributed by atoms with E-state index in [0.29, 0.717) is 35.3 Å². The minimum atomic E-state index is -0.790. The SMILES string of the molecule is N#CC(OCCO)c1cc(Cl)c2c(c1)OCCCO2. The van der Waals surface area contributed by atoms with Gasteiger partial charge in [0.25, 0.3) is 0 Å². The molecule has 1 heterocycles. The van der Waals surface area contributed by atoms with E-state index in [0.717, 1.165) is 6.42 Å². The second-order valence-electron chi connectivity index (χ2n) is 3.98. The molecule has 1 unspecified atom stereocenters. The summed E-state index contributed by atoms with van der Waals surface area (Å²) in [5.74, 6) is 1.02. The number of hydrogen-bond donors (Lipinski definition) is 1. The monoisotopic (exact) mass is 283 g/mol. The van der Waals surface area contributed by atoms with Crippen LogP contribution in [0.4, 0.5) is 0 Å². The molecule has 0 aliphatic carbocycles. The fourth-order valence-electron chi connectivity index (χ4n) is 1.78. The van der Waals surface area contributed by atoms with Crippen molar-refractivity contribution in [1.29, 1.82) is 5.26 Å². The third kappa shape index (κ3) is 3.29. The Hall–Kier alpha value is -1.48. The number of nitrogens with zero attached hydrogens (tertiary/aromatic N) is 1. The normalized spacial score (nSPS) is 15.4. The Morgan fingerprint density at radius 2 is 2.21 bits per heavy atom. The molecule has 0 aromatic heterocycles. The molecule has 1 aromatic rings. The van der Waals surface area contributed by atoms with Crippen LogP contribution in [-0.2, 0) is 4.74 Å². The Bertz CT molecular complexity index is 486. The predicted molar refractivity (Wildman–Crippen MR) is 68.5 cm³/mol. The molecule has 1 aromatic carbocycles. The van der Waals surface area contributed by atoms with Crippen molar-refractivity contribution in [2.75, 3.05) is 26.4 Å². The van der Waals surface area contributed by atoms with E-state index < -0.39 is 6.10 Å². The fraction of sp³-hybridized carbons (Fsp3) is 0.462. The summed E-state index contributed by atoms with van der Waals surface area (Å²) in [6.07, 6.45) is -0.00921. The van der Waals surface area contributed by atoms with Crippen LogP contribution in [0.15, 0.2) is 12.1 Å². The van der Waals surface area contributed by atoms with E-state index in [1.54, 1.807) is 12.1 Å². The maximum Gasteiger partial charge on any atom is 0.179 e. The maximum atomic E-state index is 9.08. The summed E-state index contributed by atoms with van der Waals surface area (Å²) >= 11 is 6.14. The summed E-state index contributed by atoms with van der Waals surface area (Å²) in [5.41, 5.74) is 0.588. The molecule has 5 nitrogen and oxygen atoms in total. The molecule has 0 amide bonds. The van der Waals surface area contributed by atoms with Gasteiger partial charge in [0, 0.05) is 12.0 Å². The van der Waals surface area contributed by atoms with Gasteiger partial charge in [-0.1, -0.05) is 11.6 Å². The maximum absolute atomic E-state index is 9.08. The zero-order valence-corrected chi connectivity index (χ0v) is 11.0. The average molecular weight is 284 g/mol. The molecule has 0 bridgehead atoms. The minimum absolute atomic E-state index is 0.0876. The van der Waals surface area contributed by atoms with Crippen LogP contribution in [0.25, 0.3) is 0 Å². The van der Waals surface area contributed by atoms with E-state index >= 15 is 0 Å². The minimum Gasteiger partial charge on any atom is -0.489 e. The van der Waals surface area contributed by atoms with Crippen LogP contribution in [0.3, 0.4) is 0 Å². The molecule has 1 atom stereocenters. The van der Waals surface area contributed by atoms with Crippen molar-refractivity contribution in [3.05, 3.63) is 22.7 Å². The van der Waals surface area contributed by atoms with Crippen molar-refractivity contribution < 1.29 is 19.3 Å². The van der Waals surface area contributed by atoms with Gasteiger partial charge < -0.3 is 19.3 Å². The van der Waals surface area contributed by atoms with Crippen molar-refractivity contribution >= 4 is 11.6 Å². The topological polar surface area (TPSA) is 71.7 Å². The molecule has 19 heavy (non-hydrogen) atoms. The first-order chi connectivity index (χ1) is 9.26. The van der Waals surface area contributed by atoms with E-state index in [4.69, 9.17) is 36.2 Å². The first kappa shape index (κ1) is 13.9. The number of ether oxygens (including phenoxy) is 3. The average Bonchev–Trinajstić information content (AvgIpc) is 2.65. The van der Waals surface area contributed by atoms with Gasteiger partial charge in [0.2, 0.25) is 0 Å². The first-order valence-electron chi connectivity index (χ1n) is 5.97. The zero-order valence-electron chi connectivity index (χ0n) is 10.3. The molecule has 102 valence electrons. The number of aliphatic hydroxyl groups excluding tert-OH is 1. The van der Waals surface area contributed by atoms with Crippen LogP contribution in [0.5, 0.6) is 11.5 Å². The number of aliphatic hydroxyl groups is 1. The third-order valence-corrected chi connectivity index (χ3v) is 2.90. The fourth-order valence-corrected chi connectivity index (χ4v) is 2.05. The van der Waals surface area contributed by atoms with Gasteiger partial charge in [0.1, 0.15) is 0 Å². The van der Waals surface area contributed by atoms with Gasteiger partial charge in [-0.25, -0.2) is 0 Å². The number of benzene rings is 1. The molecule has 0 saturated carbocycles. The highest BCUT2D eigenvalue weighted by Gasteiger charge is 2.20. The number of rotatable bonds is 4. The van der Waals surface area contributed by atoms with E-state index in [9.17, 15) is 0 Å². The summed E-state index contributed by atoms with van der Waals surface area (Å²) in [7, 11) is 0. The van der Waals surface area contributed by atoms with Crippen LogP contribution in [0.2, 0.25) is 5.02 Å². The van der Waals surface area contributed by atoms with Crippen molar-refractivity contribution in [2.45, 2.75) is 12.5 Å². The van der Waals surface area contributed by atoms with Gasteiger partial charge in [-0.15, -0.1) is 0 Å². The Kier molecular flexibility index (Phi) is 4.86. The molecule has 1 aliphatic heterocycles. The first-order valence-corrected chi connectivity index (χ1v) is 6.35. The number of hydrogen-bond acceptors (Lipinski definition) is 5. The van der Waals surface area contributed by atoms with Crippen molar-refractivity contribution in [2.24, 2.45) is 0 Å². The number of nitriles is 1. The molecule has 0 fully saturated rings. The molecule has 0 radical (unpaired) electrons. The van der Waals surface area contributed by atoms with Crippen molar-refractivity contribution in [1.82, 2.24) is 0 Å². The van der Waals surface area contributed by atoms with Gasteiger partial charge in [-0.05, 0) is 12.1 Å². The summed E-state index contributed by atoms with van der Waals surface area (Å²) in [6, 6.07) is 5.33. The van der Waals surface area contributed by atoms with Crippen LogP contribution in [0, 0.1) is 11.3 Å². The van der Waals surface area contributed by atoms with Gasteiger partial charge >= 0.3 is 0 Å². The van der Waals surface area contributed by atoms with Crippen LogP contribution in [-0.4, -0.2) is 31.5 Å². The smallest absolute Gasteiger partial charge is 0.179 e. The molecule has 1 aliphatic rings. The Balaban J connectivity index is 2.29. The van der Waals surface area contributed by atoms with Crippen molar-refractivity contribution in [3.8, 4) is 17.6 Å². The largest absolute Gasteiger partial charge is 0.489 e. The summed E-state index contributed by atoms with van der Waals surface area (Å²) in [4.78, 5) is 0. The standard InChI is InChI=1S/C13H14ClNO4/c14-10-6-9(12(8-15)18-5-2-16)7-11-13(10)19-4-1-3-17-11/h6-7,12,16H,1-5H2. The number of halogens is 1. The molecule has 6 heteroatoms. The Morgan fingerprint density at radius 3 is 2.95 bits per heavy atom. The lowest BCUT2D eigenvalue weighted by atomic mass is 10.1. The molecule has 2 rings (SSSR count). The van der Waals surface area contributed by atoms with E-state index in [1.807, 2.05) is 6.07 Å². The lowest BCUT2D eigenvalue weighted by Gasteiger charge is -2.14. The quantitative estimate of drug-likeness (QED) is 0.916. The lowest BCUT2D eigenvalue weighted by molar-refractivity contribution is 0.0580. The Morgan fingerprint density at radius 1 is 1.42 bits per heavy atom. The highest BCUT2D eigenvalue weighted by atomic mass is 35.5. The highest BCUT2D eigenvalue weighted by molar-refractivity contribution is 6.32. The summed E-state index contributed by atoms with van der Waals surface area (Å²) < 4.78 is 16.3. The number of fused-ring (bicyclic) bond motifs is 1. The van der Waals surface area contributed by atoms with Crippen molar-refractivity contribution in [3.63, 3.8) is 0 Å². The predicted octanol–water partition coefficient (Wildman–Crippen LogP) is 2.07. The van der Waals surface area contributed by atoms with E-state index in [1.165, 1.54) is 0 Å². The molecular weight excluding hydrogens is 270 g/mol. The van der Waals surface area contributed by atoms with Gasteiger partial charge in [-0.3, -0.25) is 0 Å². The van der Waals surface area contributed by atoms with Gasteiger partial charge in [0.05, 0.1) is 37.5 Å². The van der Waals surface area contributed by atoms with Gasteiger partial charge in [-0.2, -0.15) is 5.26 Å². The molecule has 0 saturated heterocycles. The van der Waals surface area contributed by atoms with E-state index in [-0.39, 0.29) is 13.2 Å². The summed E-state index contributed by atoms with van der Waals surface area (Å²) in [5, 5.41) is 18.2. The van der Waals surface area contributed by atoms with Crippen LogP contribution < -0.4 is 9.47 Å². The van der Waals surface area contributed by atoms with Crippen LogP contribution in [0.1, 0.15) is 18.1 Å². The summed E-state index contributed by atoms with van der Waals surface area (Å²) in [6.45, 7) is 1.04. The Labute approximate surface area is 116 Å². The zero-order chi connectivity index (χ0) is 13.7. The van der Waals surface area contributed by atoms with E-state index in [2.05, 4.69) is 0 Å². The van der Waals surface area contributed by atoms with Crippen LogP contribution >= 0.6 is 11.6 Å². The van der Waals surface area contributed by atoms with Gasteiger partial charge in [0.15, 0.2) is 17.6 Å². The molecule has 1 N–H and O–H groups in total.